The first kappa shape index (κ1) is 14.4. The first-order valence-electron chi connectivity index (χ1n) is 6.77. The second kappa shape index (κ2) is 6.47. The second-order valence-corrected chi connectivity index (χ2v) is 4.87. The Bertz CT molecular complexity index is 480. The number of aromatic nitrogens is 3. The van der Waals surface area contributed by atoms with Gasteiger partial charge >= 0.3 is 0 Å². The Balaban J connectivity index is 1.97. The molecule has 1 aromatic rings. The van der Waals surface area contributed by atoms with E-state index in [0.717, 1.165) is 25.9 Å². The fourth-order valence-corrected chi connectivity index (χ4v) is 2.18. The highest BCUT2D eigenvalue weighted by Crippen LogP contribution is 2.16. The zero-order valence-corrected chi connectivity index (χ0v) is 11.7. The molecule has 20 heavy (non-hydrogen) atoms. The summed E-state index contributed by atoms with van der Waals surface area (Å²) in [5.41, 5.74) is 0.235. The molecule has 8 nitrogen and oxygen atoms in total. The van der Waals surface area contributed by atoms with Gasteiger partial charge in [0.1, 0.15) is 6.04 Å². The molecule has 2 heterocycles. The number of nitrogens with zero attached hydrogens (tertiary/aromatic N) is 3. The number of nitrogens with one attached hydrogen (secondary N) is 3. The number of carbonyl (C=O) groups is 2. The molecule has 1 aliphatic heterocycles. The highest BCUT2D eigenvalue weighted by atomic mass is 16.2. The molecule has 1 atom stereocenters. The molecule has 0 radical (unpaired) electrons. The standard InChI is InChI=1S/C12H20N6O2/c1-8(11(19)13-2)15-12(20)10-7-18(17-16-10)9-3-5-14-6-4-9/h7-9,14H,3-6H2,1-2H3,(H,13,19)(H,15,20). The maximum absolute atomic E-state index is 12.0. The number of hydrogen-bond donors (Lipinski definition) is 3. The number of likely N-dealkylation sites (N-methyl/N-ethyl adjacent to an activating group) is 1. The molecule has 1 unspecified atom stereocenters. The van der Waals surface area contributed by atoms with Crippen molar-refractivity contribution in [2.75, 3.05) is 20.1 Å². The molecule has 0 bridgehead atoms. The molecule has 1 saturated heterocycles. The van der Waals surface area contributed by atoms with Crippen LogP contribution in [0.5, 0.6) is 0 Å². The van der Waals surface area contributed by atoms with E-state index in [9.17, 15) is 9.59 Å². The third-order valence-corrected chi connectivity index (χ3v) is 3.41. The molecule has 0 aliphatic carbocycles. The van der Waals surface area contributed by atoms with Gasteiger partial charge in [-0.25, -0.2) is 4.68 Å². The lowest BCUT2D eigenvalue weighted by Gasteiger charge is -2.22. The summed E-state index contributed by atoms with van der Waals surface area (Å²) in [6.07, 6.45) is 3.58. The lowest BCUT2D eigenvalue weighted by atomic mass is 10.1. The van der Waals surface area contributed by atoms with Crippen LogP contribution in [0.15, 0.2) is 6.20 Å². The average molecular weight is 280 g/mol. The van der Waals surface area contributed by atoms with Crippen LogP contribution in [-0.4, -0.2) is 53.0 Å². The molecule has 2 rings (SSSR count). The maximum Gasteiger partial charge on any atom is 0.274 e. The van der Waals surface area contributed by atoms with Crippen LogP contribution in [-0.2, 0) is 4.79 Å². The first-order valence-corrected chi connectivity index (χ1v) is 6.77. The molecule has 1 aliphatic rings. The van der Waals surface area contributed by atoms with Crippen molar-refractivity contribution in [3.63, 3.8) is 0 Å². The van der Waals surface area contributed by atoms with Crippen molar-refractivity contribution in [3.8, 4) is 0 Å². The van der Waals surface area contributed by atoms with Crippen LogP contribution in [0.4, 0.5) is 0 Å². The Hall–Kier alpha value is -1.96. The van der Waals surface area contributed by atoms with E-state index in [0.29, 0.717) is 0 Å². The highest BCUT2D eigenvalue weighted by Gasteiger charge is 2.20. The van der Waals surface area contributed by atoms with Crippen LogP contribution >= 0.6 is 0 Å². The summed E-state index contributed by atoms with van der Waals surface area (Å²) in [7, 11) is 1.53. The summed E-state index contributed by atoms with van der Waals surface area (Å²) in [5, 5.41) is 16.2. The van der Waals surface area contributed by atoms with Gasteiger partial charge < -0.3 is 16.0 Å². The highest BCUT2D eigenvalue weighted by molar-refractivity contribution is 5.95. The lowest BCUT2D eigenvalue weighted by Crippen LogP contribution is -2.43. The average Bonchev–Trinajstić information content (AvgIpc) is 2.97. The van der Waals surface area contributed by atoms with Crippen LogP contribution in [0.1, 0.15) is 36.3 Å². The molecule has 110 valence electrons. The summed E-state index contributed by atoms with van der Waals surface area (Å²) in [5.74, 6) is -0.634. The fraction of sp³-hybridized carbons (Fsp3) is 0.667. The van der Waals surface area contributed by atoms with Gasteiger partial charge in [-0.15, -0.1) is 5.10 Å². The number of piperidine rings is 1. The summed E-state index contributed by atoms with van der Waals surface area (Å²) in [4.78, 5) is 23.3. The quantitative estimate of drug-likeness (QED) is 0.661. The summed E-state index contributed by atoms with van der Waals surface area (Å²) in [6, 6.07) is -0.321. The Morgan fingerprint density at radius 1 is 1.45 bits per heavy atom. The van der Waals surface area contributed by atoms with E-state index < -0.39 is 6.04 Å². The van der Waals surface area contributed by atoms with E-state index in [1.54, 1.807) is 17.8 Å². The van der Waals surface area contributed by atoms with Crippen LogP contribution < -0.4 is 16.0 Å². The normalized spacial score (nSPS) is 17.5. The summed E-state index contributed by atoms with van der Waals surface area (Å²) in [6.45, 7) is 3.51. The third-order valence-electron chi connectivity index (χ3n) is 3.41. The predicted molar refractivity (Wildman–Crippen MR) is 72.2 cm³/mol. The minimum Gasteiger partial charge on any atom is -0.357 e. The molecule has 3 N–H and O–H groups in total. The molecule has 1 fully saturated rings. The Labute approximate surface area is 117 Å². The number of rotatable bonds is 4. The van der Waals surface area contributed by atoms with Crippen molar-refractivity contribution in [3.05, 3.63) is 11.9 Å². The van der Waals surface area contributed by atoms with Gasteiger partial charge in [0, 0.05) is 7.05 Å². The molecule has 0 aromatic carbocycles. The third kappa shape index (κ3) is 3.32. The molecule has 0 saturated carbocycles. The monoisotopic (exact) mass is 280 g/mol. The number of amides is 2. The van der Waals surface area contributed by atoms with Crippen LogP contribution in [0.2, 0.25) is 0 Å². The van der Waals surface area contributed by atoms with E-state index in [4.69, 9.17) is 0 Å². The summed E-state index contributed by atoms with van der Waals surface area (Å²) < 4.78 is 1.74. The van der Waals surface area contributed by atoms with Gasteiger partial charge in [-0.3, -0.25) is 9.59 Å². The van der Waals surface area contributed by atoms with E-state index in [2.05, 4.69) is 26.3 Å². The molecule has 1 aromatic heterocycles. The Morgan fingerprint density at radius 2 is 2.15 bits per heavy atom. The second-order valence-electron chi connectivity index (χ2n) is 4.87. The van der Waals surface area contributed by atoms with Crippen molar-refractivity contribution in [2.24, 2.45) is 0 Å². The molecular weight excluding hydrogens is 260 g/mol. The lowest BCUT2D eigenvalue weighted by molar-refractivity contribution is -0.122. The van der Waals surface area contributed by atoms with E-state index >= 15 is 0 Å². The minimum absolute atomic E-state index is 0.235. The van der Waals surface area contributed by atoms with Gasteiger partial charge in [0.15, 0.2) is 5.69 Å². The van der Waals surface area contributed by atoms with Gasteiger partial charge in [-0.05, 0) is 32.9 Å². The molecule has 8 heteroatoms. The van der Waals surface area contributed by atoms with Gasteiger partial charge in [0.25, 0.3) is 5.91 Å². The molecule has 2 amide bonds. The fourth-order valence-electron chi connectivity index (χ4n) is 2.18. The van der Waals surface area contributed by atoms with Gasteiger partial charge in [0.05, 0.1) is 12.2 Å². The van der Waals surface area contributed by atoms with Gasteiger partial charge in [-0.2, -0.15) is 0 Å². The van der Waals surface area contributed by atoms with Crippen LogP contribution in [0.25, 0.3) is 0 Å². The Kier molecular flexibility index (Phi) is 4.67. The maximum atomic E-state index is 12.0. The topological polar surface area (TPSA) is 101 Å². The first-order chi connectivity index (χ1) is 9.61. The Morgan fingerprint density at radius 3 is 2.80 bits per heavy atom. The van der Waals surface area contributed by atoms with Crippen molar-refractivity contribution >= 4 is 11.8 Å². The van der Waals surface area contributed by atoms with Crippen LogP contribution in [0.3, 0.4) is 0 Å². The number of carbonyl (C=O) groups excluding carboxylic acids is 2. The number of hydrogen-bond acceptors (Lipinski definition) is 5. The van der Waals surface area contributed by atoms with Crippen molar-refractivity contribution in [1.82, 2.24) is 30.9 Å². The zero-order valence-electron chi connectivity index (χ0n) is 11.7. The summed E-state index contributed by atoms with van der Waals surface area (Å²) >= 11 is 0. The van der Waals surface area contributed by atoms with Crippen molar-refractivity contribution in [2.45, 2.75) is 31.8 Å². The van der Waals surface area contributed by atoms with Gasteiger partial charge in [-0.1, -0.05) is 5.21 Å². The van der Waals surface area contributed by atoms with E-state index in [-0.39, 0.29) is 23.6 Å². The largest absolute Gasteiger partial charge is 0.357 e. The SMILES string of the molecule is CNC(=O)C(C)NC(=O)c1cn(C2CCNCC2)nn1. The minimum atomic E-state index is -0.600. The van der Waals surface area contributed by atoms with Crippen molar-refractivity contribution in [1.29, 1.82) is 0 Å². The smallest absolute Gasteiger partial charge is 0.274 e. The van der Waals surface area contributed by atoms with Crippen molar-refractivity contribution < 1.29 is 9.59 Å². The van der Waals surface area contributed by atoms with E-state index in [1.165, 1.54) is 7.05 Å². The van der Waals surface area contributed by atoms with Crippen LogP contribution in [0, 0.1) is 0 Å². The van der Waals surface area contributed by atoms with Gasteiger partial charge in [0.2, 0.25) is 5.91 Å². The molecule has 0 spiro atoms. The zero-order chi connectivity index (χ0) is 14.5. The predicted octanol–water partition coefficient (Wildman–Crippen LogP) is -0.933. The van der Waals surface area contributed by atoms with E-state index in [1.807, 2.05) is 0 Å². The molecular formula is C12H20N6O2.